The number of benzene rings is 2. The van der Waals surface area contributed by atoms with Crippen molar-refractivity contribution in [1.82, 2.24) is 15.1 Å². The van der Waals surface area contributed by atoms with Crippen LogP contribution in [0.15, 0.2) is 53.5 Å². The fourth-order valence-corrected chi connectivity index (χ4v) is 3.73. The van der Waals surface area contributed by atoms with Crippen LogP contribution in [0.1, 0.15) is 46.3 Å². The van der Waals surface area contributed by atoms with Crippen LogP contribution in [-0.4, -0.2) is 48.9 Å². The molecule has 5 heteroatoms. The third-order valence-corrected chi connectivity index (χ3v) is 5.54. The lowest BCUT2D eigenvalue weighted by Crippen LogP contribution is -2.38. The van der Waals surface area contributed by atoms with Crippen LogP contribution in [0.5, 0.6) is 0 Å². The molecule has 154 valence electrons. The Morgan fingerprint density at radius 2 is 1.76 bits per heavy atom. The van der Waals surface area contributed by atoms with Gasteiger partial charge < -0.3 is 15.1 Å². The smallest absolute Gasteiger partial charge is 0.253 e. The first-order chi connectivity index (χ1) is 14.1. The molecule has 0 aromatic heterocycles. The molecule has 0 unspecified atom stereocenters. The fraction of sp³-hybridized carbons (Fsp3) is 0.417. The van der Waals surface area contributed by atoms with Crippen LogP contribution in [0.3, 0.4) is 0 Å². The molecule has 5 nitrogen and oxygen atoms in total. The first-order valence-corrected chi connectivity index (χ1v) is 10.4. The van der Waals surface area contributed by atoms with E-state index < -0.39 is 0 Å². The van der Waals surface area contributed by atoms with Crippen LogP contribution in [-0.2, 0) is 13.1 Å². The molecule has 1 saturated heterocycles. The largest absolute Gasteiger partial charge is 0.352 e. The second-order valence-corrected chi connectivity index (χ2v) is 7.73. The van der Waals surface area contributed by atoms with Gasteiger partial charge in [-0.05, 0) is 55.0 Å². The minimum Gasteiger partial charge on any atom is -0.352 e. The Bertz CT molecular complexity index is 838. The van der Waals surface area contributed by atoms with E-state index in [1.807, 2.05) is 36.2 Å². The normalized spacial score (nSPS) is 14.6. The summed E-state index contributed by atoms with van der Waals surface area (Å²) in [5.41, 5.74) is 4.48. The van der Waals surface area contributed by atoms with Gasteiger partial charge in [-0.1, -0.05) is 36.4 Å². The van der Waals surface area contributed by atoms with Gasteiger partial charge in [0.25, 0.3) is 5.91 Å². The van der Waals surface area contributed by atoms with Gasteiger partial charge in [-0.3, -0.25) is 9.79 Å². The quantitative estimate of drug-likeness (QED) is 0.621. The number of carbonyl (C=O) groups excluding carboxylic acids is 1. The summed E-state index contributed by atoms with van der Waals surface area (Å²) < 4.78 is 0. The molecule has 1 N–H and O–H groups in total. The standard InChI is InChI=1S/C24H32N4O/c1-19-9-5-6-10-22(19)18-27(3)24(25-2)26-17-20-11-13-21(14-12-20)23(29)28-15-7-4-8-16-28/h5-6,9-14H,4,7-8,15-18H2,1-3H3,(H,25,26). The number of amides is 1. The first kappa shape index (κ1) is 20.9. The molecule has 0 aliphatic carbocycles. The SMILES string of the molecule is CN=C(NCc1ccc(C(=O)N2CCCCC2)cc1)N(C)Cc1ccccc1C. The second-order valence-electron chi connectivity index (χ2n) is 7.73. The van der Waals surface area contributed by atoms with Crippen molar-refractivity contribution in [2.45, 2.75) is 39.3 Å². The molecule has 1 aliphatic heterocycles. The molecular weight excluding hydrogens is 360 g/mol. The second kappa shape index (κ2) is 10.1. The number of carbonyl (C=O) groups is 1. The highest BCUT2D eigenvalue weighted by atomic mass is 16.2. The van der Waals surface area contributed by atoms with Gasteiger partial charge in [-0.15, -0.1) is 0 Å². The average Bonchev–Trinajstić information content (AvgIpc) is 2.76. The maximum atomic E-state index is 12.6. The average molecular weight is 393 g/mol. The van der Waals surface area contributed by atoms with E-state index >= 15 is 0 Å². The molecule has 3 rings (SSSR count). The summed E-state index contributed by atoms with van der Waals surface area (Å²) in [5.74, 6) is 1.000. The number of nitrogens with zero attached hydrogens (tertiary/aromatic N) is 3. The Morgan fingerprint density at radius 3 is 2.41 bits per heavy atom. The highest BCUT2D eigenvalue weighted by molar-refractivity contribution is 5.94. The summed E-state index contributed by atoms with van der Waals surface area (Å²) in [7, 11) is 3.85. The Labute approximate surface area is 174 Å². The molecule has 0 bridgehead atoms. The van der Waals surface area contributed by atoms with E-state index in [1.165, 1.54) is 17.5 Å². The summed E-state index contributed by atoms with van der Waals surface area (Å²) in [5, 5.41) is 3.42. The summed E-state index contributed by atoms with van der Waals surface area (Å²) in [6.45, 7) is 5.36. The Hall–Kier alpha value is -2.82. The third kappa shape index (κ3) is 5.59. The van der Waals surface area contributed by atoms with Crippen molar-refractivity contribution in [3.05, 3.63) is 70.8 Å². The molecule has 1 amide bonds. The van der Waals surface area contributed by atoms with Crippen molar-refractivity contribution >= 4 is 11.9 Å². The van der Waals surface area contributed by atoms with Gasteiger partial charge in [0.05, 0.1) is 0 Å². The number of aliphatic imine (C=N–C) groups is 1. The monoisotopic (exact) mass is 392 g/mol. The summed E-state index contributed by atoms with van der Waals surface area (Å²) in [4.78, 5) is 21.1. The highest BCUT2D eigenvalue weighted by Crippen LogP contribution is 2.14. The molecule has 1 fully saturated rings. The van der Waals surface area contributed by atoms with Gasteiger partial charge in [-0.2, -0.15) is 0 Å². The highest BCUT2D eigenvalue weighted by Gasteiger charge is 2.17. The van der Waals surface area contributed by atoms with E-state index in [-0.39, 0.29) is 5.91 Å². The number of aryl methyl sites for hydroxylation is 1. The van der Waals surface area contributed by atoms with E-state index in [0.717, 1.165) is 49.6 Å². The lowest BCUT2D eigenvalue weighted by Gasteiger charge is -2.26. The molecule has 1 aliphatic rings. The summed E-state index contributed by atoms with van der Waals surface area (Å²) >= 11 is 0. The Morgan fingerprint density at radius 1 is 1.07 bits per heavy atom. The van der Waals surface area contributed by atoms with E-state index in [2.05, 4.69) is 46.4 Å². The van der Waals surface area contributed by atoms with Crippen LogP contribution in [0.25, 0.3) is 0 Å². The van der Waals surface area contributed by atoms with Crippen LogP contribution in [0.4, 0.5) is 0 Å². The predicted molar refractivity (Wildman–Crippen MR) is 119 cm³/mol. The molecular formula is C24H32N4O. The van der Waals surface area contributed by atoms with E-state index in [9.17, 15) is 4.79 Å². The molecule has 2 aromatic rings. The van der Waals surface area contributed by atoms with Gasteiger partial charge in [-0.25, -0.2) is 0 Å². The number of nitrogens with one attached hydrogen (secondary N) is 1. The zero-order chi connectivity index (χ0) is 20.6. The fourth-order valence-electron chi connectivity index (χ4n) is 3.73. The molecule has 29 heavy (non-hydrogen) atoms. The summed E-state index contributed by atoms with van der Waals surface area (Å²) in [6, 6.07) is 16.3. The summed E-state index contributed by atoms with van der Waals surface area (Å²) in [6.07, 6.45) is 3.46. The van der Waals surface area contributed by atoms with Crippen LogP contribution < -0.4 is 5.32 Å². The number of guanidine groups is 1. The number of piperidine rings is 1. The minimum atomic E-state index is 0.151. The lowest BCUT2D eigenvalue weighted by atomic mass is 10.1. The first-order valence-electron chi connectivity index (χ1n) is 10.4. The maximum Gasteiger partial charge on any atom is 0.253 e. The zero-order valence-corrected chi connectivity index (χ0v) is 17.8. The molecule has 0 saturated carbocycles. The van der Waals surface area contributed by atoms with Crippen molar-refractivity contribution in [2.75, 3.05) is 27.2 Å². The lowest BCUT2D eigenvalue weighted by molar-refractivity contribution is 0.0724. The van der Waals surface area contributed by atoms with Crippen LogP contribution in [0.2, 0.25) is 0 Å². The number of hydrogen-bond acceptors (Lipinski definition) is 2. The van der Waals surface area contributed by atoms with Gasteiger partial charge in [0.15, 0.2) is 5.96 Å². The zero-order valence-electron chi connectivity index (χ0n) is 17.8. The molecule has 0 atom stereocenters. The van der Waals surface area contributed by atoms with E-state index in [4.69, 9.17) is 0 Å². The van der Waals surface area contributed by atoms with Crippen molar-refractivity contribution in [1.29, 1.82) is 0 Å². The maximum absolute atomic E-state index is 12.6. The number of rotatable bonds is 5. The van der Waals surface area contributed by atoms with Gasteiger partial charge in [0.1, 0.15) is 0 Å². The molecule has 0 spiro atoms. The van der Waals surface area contributed by atoms with Crippen molar-refractivity contribution in [2.24, 2.45) is 4.99 Å². The number of hydrogen-bond donors (Lipinski definition) is 1. The van der Waals surface area contributed by atoms with Gasteiger partial charge in [0.2, 0.25) is 0 Å². The predicted octanol–water partition coefficient (Wildman–Crippen LogP) is 3.83. The molecule has 2 aromatic carbocycles. The topological polar surface area (TPSA) is 47.9 Å². The van der Waals surface area contributed by atoms with Crippen LogP contribution in [0, 0.1) is 6.92 Å². The van der Waals surface area contributed by atoms with Crippen molar-refractivity contribution in [3.8, 4) is 0 Å². The van der Waals surface area contributed by atoms with Gasteiger partial charge >= 0.3 is 0 Å². The van der Waals surface area contributed by atoms with E-state index in [0.29, 0.717) is 6.54 Å². The van der Waals surface area contributed by atoms with Crippen LogP contribution >= 0.6 is 0 Å². The van der Waals surface area contributed by atoms with Crippen molar-refractivity contribution < 1.29 is 4.79 Å². The Kier molecular flexibility index (Phi) is 7.28. The van der Waals surface area contributed by atoms with E-state index in [1.54, 1.807) is 7.05 Å². The molecule has 0 radical (unpaired) electrons. The van der Waals surface area contributed by atoms with Crippen molar-refractivity contribution in [3.63, 3.8) is 0 Å². The minimum absolute atomic E-state index is 0.151. The Balaban J connectivity index is 1.55. The number of likely N-dealkylation sites (tertiary alicyclic amines) is 1. The van der Waals surface area contributed by atoms with Gasteiger partial charge in [0, 0.05) is 45.8 Å². The third-order valence-electron chi connectivity index (χ3n) is 5.54. The molecule has 1 heterocycles.